The lowest BCUT2D eigenvalue weighted by atomic mass is 10.2. The summed E-state index contributed by atoms with van der Waals surface area (Å²) in [4.78, 5) is 10.1. The van der Waals surface area contributed by atoms with Crippen LogP contribution in [0.4, 0.5) is 0 Å². The third-order valence-corrected chi connectivity index (χ3v) is 4.22. The van der Waals surface area contributed by atoms with Gasteiger partial charge in [-0.15, -0.1) is 11.3 Å². The molecule has 0 aliphatic carbocycles. The lowest BCUT2D eigenvalue weighted by Gasteiger charge is -2.12. The first-order valence-corrected chi connectivity index (χ1v) is 8.27. The Balaban J connectivity index is 1.93. The van der Waals surface area contributed by atoms with Gasteiger partial charge in [-0.05, 0) is 38.9 Å². The Morgan fingerprint density at radius 3 is 2.86 bits per heavy atom. The smallest absolute Gasteiger partial charge is 0.142 e. The predicted molar refractivity (Wildman–Crippen MR) is 87.0 cm³/mol. The van der Waals surface area contributed by atoms with Gasteiger partial charge in [0, 0.05) is 23.5 Å². The van der Waals surface area contributed by atoms with Crippen LogP contribution in [-0.4, -0.2) is 23.1 Å². The number of rotatable bonds is 8. The van der Waals surface area contributed by atoms with Crippen molar-refractivity contribution in [2.24, 2.45) is 0 Å². The van der Waals surface area contributed by atoms with Crippen LogP contribution < -0.4 is 10.1 Å². The molecule has 1 N–H and O–H groups in total. The highest BCUT2D eigenvalue weighted by Crippen LogP contribution is 2.18. The van der Waals surface area contributed by atoms with E-state index in [1.807, 2.05) is 31.5 Å². The second-order valence-electron chi connectivity index (χ2n) is 5.03. The Hall–Kier alpha value is -1.46. The third-order valence-electron chi connectivity index (χ3n) is 3.22. The molecule has 2 aromatic heterocycles. The molecule has 0 radical (unpaired) electrons. The first-order chi connectivity index (χ1) is 10.2. The van der Waals surface area contributed by atoms with Gasteiger partial charge in [-0.1, -0.05) is 6.92 Å². The van der Waals surface area contributed by atoms with Crippen molar-refractivity contribution in [3.05, 3.63) is 39.6 Å². The number of hydrogen-bond donors (Lipinski definition) is 1. The highest BCUT2D eigenvalue weighted by Gasteiger charge is 2.07. The molecule has 0 aliphatic heterocycles. The summed E-state index contributed by atoms with van der Waals surface area (Å²) < 4.78 is 5.93. The zero-order chi connectivity index (χ0) is 15.1. The quantitative estimate of drug-likeness (QED) is 0.760. The number of pyridine rings is 1. The normalized spacial score (nSPS) is 10.8. The number of hydrogen-bond acceptors (Lipinski definition) is 5. The van der Waals surface area contributed by atoms with Gasteiger partial charge in [-0.3, -0.25) is 4.98 Å². The van der Waals surface area contributed by atoms with E-state index in [4.69, 9.17) is 4.74 Å². The number of nitrogens with one attached hydrogen (secondary N) is 1. The van der Waals surface area contributed by atoms with Crippen LogP contribution in [0.1, 0.15) is 35.3 Å². The van der Waals surface area contributed by atoms with E-state index in [0.717, 1.165) is 48.8 Å². The molecule has 0 aromatic carbocycles. The van der Waals surface area contributed by atoms with Crippen molar-refractivity contribution in [3.8, 4) is 5.75 Å². The van der Waals surface area contributed by atoms with Crippen molar-refractivity contribution in [1.82, 2.24) is 15.3 Å². The first kappa shape index (κ1) is 15.9. The summed E-state index contributed by atoms with van der Waals surface area (Å²) in [7, 11) is 0. The van der Waals surface area contributed by atoms with E-state index >= 15 is 0 Å². The molecule has 114 valence electrons. The van der Waals surface area contributed by atoms with E-state index in [9.17, 15) is 0 Å². The lowest BCUT2D eigenvalue weighted by molar-refractivity contribution is 0.316. The zero-order valence-corrected chi connectivity index (χ0v) is 13.8. The van der Waals surface area contributed by atoms with Gasteiger partial charge < -0.3 is 10.1 Å². The summed E-state index contributed by atoms with van der Waals surface area (Å²) in [6.45, 7) is 8.62. The van der Waals surface area contributed by atoms with Gasteiger partial charge in [0.2, 0.25) is 0 Å². The molecule has 0 atom stereocenters. The molecule has 2 rings (SSSR count). The summed E-state index contributed by atoms with van der Waals surface area (Å²) in [6.07, 6.45) is 2.01. The minimum Gasteiger partial charge on any atom is -0.491 e. The second kappa shape index (κ2) is 8.10. The van der Waals surface area contributed by atoms with E-state index in [2.05, 4.69) is 22.2 Å². The average Bonchev–Trinajstić information content (AvgIpc) is 2.87. The number of nitrogens with zero attached hydrogens (tertiary/aromatic N) is 2. The summed E-state index contributed by atoms with van der Waals surface area (Å²) in [5.41, 5.74) is 5.01. The summed E-state index contributed by atoms with van der Waals surface area (Å²) in [6, 6.07) is 4.02. The minimum absolute atomic E-state index is 0.661. The van der Waals surface area contributed by atoms with E-state index in [0.29, 0.717) is 6.61 Å². The number of thiazole rings is 1. The second-order valence-corrected chi connectivity index (χ2v) is 5.97. The molecule has 21 heavy (non-hydrogen) atoms. The fourth-order valence-electron chi connectivity index (χ4n) is 2.06. The number of aryl methyl sites for hydroxylation is 2. The molecule has 0 bridgehead atoms. The van der Waals surface area contributed by atoms with Gasteiger partial charge in [0.1, 0.15) is 5.75 Å². The van der Waals surface area contributed by atoms with Crippen LogP contribution in [0.25, 0.3) is 0 Å². The van der Waals surface area contributed by atoms with Gasteiger partial charge in [0.25, 0.3) is 0 Å². The predicted octanol–water partition coefficient (Wildman–Crippen LogP) is 3.28. The van der Waals surface area contributed by atoms with Crippen LogP contribution >= 0.6 is 11.3 Å². The molecule has 4 nitrogen and oxygen atoms in total. The molecule has 2 heterocycles. The van der Waals surface area contributed by atoms with E-state index < -0.39 is 0 Å². The van der Waals surface area contributed by atoms with Crippen molar-refractivity contribution < 1.29 is 4.74 Å². The Labute approximate surface area is 130 Å². The topological polar surface area (TPSA) is 47.0 Å². The molecule has 0 unspecified atom stereocenters. The Kier molecular flexibility index (Phi) is 6.14. The summed E-state index contributed by atoms with van der Waals surface area (Å²) >= 11 is 1.69. The average molecular weight is 305 g/mol. The van der Waals surface area contributed by atoms with E-state index in [1.165, 1.54) is 4.88 Å². The molecule has 0 spiro atoms. The maximum atomic E-state index is 5.93. The maximum absolute atomic E-state index is 5.93. The standard InChI is InChI=1S/C16H23N3OS/c1-4-8-17-10-14-15(6-5-12(2)19-14)20-9-7-16-13(3)18-11-21-16/h5-6,11,17H,4,7-10H2,1-3H3. The zero-order valence-electron chi connectivity index (χ0n) is 13.0. The van der Waals surface area contributed by atoms with E-state index in [-0.39, 0.29) is 0 Å². The van der Waals surface area contributed by atoms with Crippen LogP contribution in [0.15, 0.2) is 17.6 Å². The monoisotopic (exact) mass is 305 g/mol. The van der Waals surface area contributed by atoms with Crippen LogP contribution in [0.3, 0.4) is 0 Å². The summed E-state index contributed by atoms with van der Waals surface area (Å²) in [5.74, 6) is 0.881. The highest BCUT2D eigenvalue weighted by atomic mass is 32.1. The molecule has 0 saturated heterocycles. The Morgan fingerprint density at radius 1 is 1.29 bits per heavy atom. The molecule has 2 aromatic rings. The third kappa shape index (κ3) is 4.79. The maximum Gasteiger partial charge on any atom is 0.142 e. The van der Waals surface area contributed by atoms with Crippen LogP contribution in [0.5, 0.6) is 5.75 Å². The fraction of sp³-hybridized carbons (Fsp3) is 0.500. The Bertz CT molecular complexity index is 568. The Morgan fingerprint density at radius 2 is 2.14 bits per heavy atom. The fourth-order valence-corrected chi connectivity index (χ4v) is 2.82. The first-order valence-electron chi connectivity index (χ1n) is 7.39. The van der Waals surface area contributed by atoms with Crippen LogP contribution in [0, 0.1) is 13.8 Å². The van der Waals surface area contributed by atoms with Crippen molar-refractivity contribution in [1.29, 1.82) is 0 Å². The number of ether oxygens (including phenoxy) is 1. The molecular weight excluding hydrogens is 282 g/mol. The van der Waals surface area contributed by atoms with Crippen LogP contribution in [0.2, 0.25) is 0 Å². The molecule has 5 heteroatoms. The number of aromatic nitrogens is 2. The minimum atomic E-state index is 0.661. The SMILES string of the molecule is CCCNCc1nc(C)ccc1OCCc1scnc1C. The van der Waals surface area contributed by atoms with Gasteiger partial charge in [0.05, 0.1) is 23.5 Å². The van der Waals surface area contributed by atoms with E-state index in [1.54, 1.807) is 11.3 Å². The van der Waals surface area contributed by atoms with Crippen molar-refractivity contribution in [2.75, 3.05) is 13.2 Å². The molecule has 0 saturated carbocycles. The van der Waals surface area contributed by atoms with Crippen LogP contribution in [-0.2, 0) is 13.0 Å². The summed E-state index contributed by atoms with van der Waals surface area (Å²) in [5, 5.41) is 3.38. The molecule has 0 aliphatic rings. The van der Waals surface area contributed by atoms with Crippen molar-refractivity contribution >= 4 is 11.3 Å². The lowest BCUT2D eigenvalue weighted by Crippen LogP contribution is -2.16. The largest absolute Gasteiger partial charge is 0.491 e. The molecule has 0 fully saturated rings. The van der Waals surface area contributed by atoms with Gasteiger partial charge in [-0.25, -0.2) is 4.98 Å². The van der Waals surface area contributed by atoms with Gasteiger partial charge in [0.15, 0.2) is 0 Å². The highest BCUT2D eigenvalue weighted by molar-refractivity contribution is 7.09. The molecule has 0 amide bonds. The molecular formula is C16H23N3OS. The van der Waals surface area contributed by atoms with Crippen molar-refractivity contribution in [3.63, 3.8) is 0 Å². The van der Waals surface area contributed by atoms with Crippen molar-refractivity contribution in [2.45, 2.75) is 40.2 Å². The van der Waals surface area contributed by atoms with Gasteiger partial charge >= 0.3 is 0 Å². The van der Waals surface area contributed by atoms with Gasteiger partial charge in [-0.2, -0.15) is 0 Å².